The van der Waals surface area contributed by atoms with Gasteiger partial charge in [0.2, 0.25) is 10.0 Å². The minimum Gasteiger partial charge on any atom is -0.376 e. The van der Waals surface area contributed by atoms with E-state index >= 15 is 0 Å². The number of morpholine rings is 1. The van der Waals surface area contributed by atoms with Crippen molar-refractivity contribution >= 4 is 27.3 Å². The molecule has 0 radical (unpaired) electrons. The number of amides is 1. The van der Waals surface area contributed by atoms with Crippen LogP contribution in [0.5, 0.6) is 0 Å². The van der Waals surface area contributed by atoms with Gasteiger partial charge in [-0.2, -0.15) is 0 Å². The summed E-state index contributed by atoms with van der Waals surface area (Å²) in [6.07, 6.45) is 0. The van der Waals surface area contributed by atoms with Crippen molar-refractivity contribution in [2.45, 2.75) is 4.90 Å². The molecule has 0 aliphatic carbocycles. The van der Waals surface area contributed by atoms with Crippen LogP contribution >= 0.6 is 0 Å². The number of anilines is 2. The Labute approximate surface area is 149 Å². The molecule has 0 unspecified atom stereocenters. The maximum absolute atomic E-state index is 12.4. The van der Waals surface area contributed by atoms with Crippen LogP contribution in [0.1, 0.15) is 0 Å². The molecule has 0 bridgehead atoms. The zero-order chi connectivity index (χ0) is 18.6. The number of nitrogens with one attached hydrogen (secondary N) is 2. The molecule has 2 N–H and O–H groups in total. The average molecular weight is 371 g/mol. The second-order valence-electron chi connectivity index (χ2n) is 6.45. The molecular weight excluding hydrogens is 344 g/mol. The van der Waals surface area contributed by atoms with E-state index in [1.807, 2.05) is 19.0 Å². The Hall–Kier alpha value is -1.68. The Morgan fingerprint density at radius 3 is 2.40 bits per heavy atom. The van der Waals surface area contributed by atoms with Crippen molar-refractivity contribution in [2.75, 3.05) is 71.3 Å². The van der Waals surface area contributed by atoms with Crippen molar-refractivity contribution in [3.8, 4) is 0 Å². The van der Waals surface area contributed by atoms with Crippen molar-refractivity contribution in [3.63, 3.8) is 0 Å². The third-order valence-corrected chi connectivity index (χ3v) is 5.92. The lowest BCUT2D eigenvalue weighted by molar-refractivity contribution is -0.899. The Kier molecular flexibility index (Phi) is 6.39. The first-order valence-electron chi connectivity index (χ1n) is 8.17. The highest BCUT2D eigenvalue weighted by molar-refractivity contribution is 7.89. The zero-order valence-electron chi connectivity index (χ0n) is 15.2. The van der Waals surface area contributed by atoms with Crippen LogP contribution in [-0.4, -0.2) is 79.7 Å². The number of hydrogen-bond donors (Lipinski definition) is 2. The first-order chi connectivity index (χ1) is 11.7. The molecule has 9 heteroatoms. The van der Waals surface area contributed by atoms with Crippen LogP contribution < -0.4 is 15.1 Å². The quantitative estimate of drug-likeness (QED) is 0.660. The van der Waals surface area contributed by atoms with E-state index in [2.05, 4.69) is 5.32 Å². The molecule has 1 aromatic rings. The van der Waals surface area contributed by atoms with Crippen molar-refractivity contribution in [2.24, 2.45) is 0 Å². The molecule has 1 aliphatic rings. The van der Waals surface area contributed by atoms with Gasteiger partial charge in [0.1, 0.15) is 13.1 Å². The first kappa shape index (κ1) is 19.6. The molecule has 25 heavy (non-hydrogen) atoms. The van der Waals surface area contributed by atoms with Crippen molar-refractivity contribution in [1.82, 2.24) is 4.31 Å². The Bertz CT molecular complexity index is 713. The highest BCUT2D eigenvalue weighted by atomic mass is 32.2. The smallest absolute Gasteiger partial charge is 0.279 e. The molecule has 0 saturated carbocycles. The van der Waals surface area contributed by atoms with E-state index in [1.165, 1.54) is 20.2 Å². The van der Waals surface area contributed by atoms with Gasteiger partial charge in [-0.25, -0.2) is 12.7 Å². The van der Waals surface area contributed by atoms with Gasteiger partial charge in [-0.3, -0.25) is 4.79 Å². The lowest BCUT2D eigenvalue weighted by Crippen LogP contribution is -3.15. The predicted molar refractivity (Wildman–Crippen MR) is 96.7 cm³/mol. The normalized spacial score (nSPS) is 16.0. The summed E-state index contributed by atoms with van der Waals surface area (Å²) in [5.74, 6) is -0.139. The number of benzene rings is 1. The second-order valence-corrected chi connectivity index (χ2v) is 8.60. The monoisotopic (exact) mass is 371 g/mol. The molecule has 0 aromatic heterocycles. The van der Waals surface area contributed by atoms with E-state index in [9.17, 15) is 13.2 Å². The molecule has 0 atom stereocenters. The van der Waals surface area contributed by atoms with Crippen molar-refractivity contribution in [3.05, 3.63) is 18.2 Å². The number of rotatable bonds is 6. The second kappa shape index (κ2) is 8.13. The summed E-state index contributed by atoms with van der Waals surface area (Å²) in [5.41, 5.74) is 1.24. The standard InChI is InChI=1S/C16H26N4O4S/c1-18(2)15-6-5-13(25(22,23)19(3)4)11-14(15)17-16(21)12-20-7-9-24-10-8-20/h5-6,11H,7-10,12H2,1-4H3,(H,17,21)/p+1. The average Bonchev–Trinajstić information content (AvgIpc) is 2.55. The molecule has 1 amide bonds. The Balaban J connectivity index is 2.23. The lowest BCUT2D eigenvalue weighted by Gasteiger charge is -2.24. The zero-order valence-corrected chi connectivity index (χ0v) is 16.0. The van der Waals surface area contributed by atoms with Gasteiger partial charge in [-0.15, -0.1) is 0 Å². The van der Waals surface area contributed by atoms with Crippen molar-refractivity contribution in [1.29, 1.82) is 0 Å². The lowest BCUT2D eigenvalue weighted by atomic mass is 10.2. The fourth-order valence-electron chi connectivity index (χ4n) is 2.63. The van der Waals surface area contributed by atoms with Crippen LogP contribution in [0.4, 0.5) is 11.4 Å². The first-order valence-corrected chi connectivity index (χ1v) is 9.61. The third kappa shape index (κ3) is 4.91. The van der Waals surface area contributed by atoms with E-state index in [1.54, 1.807) is 12.1 Å². The number of nitrogens with zero attached hydrogens (tertiary/aromatic N) is 2. The van der Waals surface area contributed by atoms with Gasteiger partial charge in [-0.1, -0.05) is 0 Å². The van der Waals surface area contributed by atoms with Gasteiger partial charge in [-0.05, 0) is 18.2 Å². The number of carbonyl (C=O) groups excluding carboxylic acids is 1. The molecule has 1 saturated heterocycles. The maximum atomic E-state index is 12.4. The van der Waals surface area contributed by atoms with Crippen LogP contribution in [0.15, 0.2) is 23.1 Å². The molecule has 1 aromatic carbocycles. The summed E-state index contributed by atoms with van der Waals surface area (Å²) in [4.78, 5) is 15.5. The minimum atomic E-state index is -3.56. The molecule has 2 rings (SSSR count). The molecule has 1 heterocycles. The predicted octanol–water partition coefficient (Wildman–Crippen LogP) is -1.14. The van der Waals surface area contributed by atoms with Gasteiger partial charge in [0.05, 0.1) is 29.5 Å². The summed E-state index contributed by atoms with van der Waals surface area (Å²) in [5, 5.41) is 2.87. The summed E-state index contributed by atoms with van der Waals surface area (Å²) in [6, 6.07) is 4.76. The summed E-state index contributed by atoms with van der Waals surface area (Å²) < 4.78 is 31.1. The summed E-state index contributed by atoms with van der Waals surface area (Å²) in [6.45, 7) is 3.23. The van der Waals surface area contributed by atoms with Gasteiger partial charge >= 0.3 is 0 Å². The SMILES string of the molecule is CN(C)c1ccc(S(=O)(=O)N(C)C)cc1NC(=O)C[NH+]1CCOCC1. The molecule has 1 aliphatic heterocycles. The number of ether oxygens (including phenoxy) is 1. The number of hydrogen-bond acceptors (Lipinski definition) is 5. The molecule has 0 spiro atoms. The van der Waals surface area contributed by atoms with E-state index in [0.29, 0.717) is 25.4 Å². The van der Waals surface area contributed by atoms with Crippen LogP contribution in [-0.2, 0) is 19.6 Å². The highest BCUT2D eigenvalue weighted by Crippen LogP contribution is 2.28. The minimum absolute atomic E-state index is 0.139. The third-order valence-electron chi connectivity index (χ3n) is 4.11. The number of carbonyl (C=O) groups is 1. The van der Waals surface area contributed by atoms with Gasteiger partial charge < -0.3 is 19.9 Å². The topological polar surface area (TPSA) is 83.4 Å². The molecule has 140 valence electrons. The van der Waals surface area contributed by atoms with Gasteiger partial charge in [0.25, 0.3) is 5.91 Å². The summed E-state index contributed by atoms with van der Waals surface area (Å²) >= 11 is 0. The maximum Gasteiger partial charge on any atom is 0.279 e. The van der Waals surface area contributed by atoms with Crippen LogP contribution in [0.2, 0.25) is 0 Å². The van der Waals surface area contributed by atoms with Gasteiger partial charge in [0.15, 0.2) is 6.54 Å². The van der Waals surface area contributed by atoms with E-state index in [-0.39, 0.29) is 10.8 Å². The van der Waals surface area contributed by atoms with E-state index in [0.717, 1.165) is 28.0 Å². The Morgan fingerprint density at radius 2 is 1.84 bits per heavy atom. The van der Waals surface area contributed by atoms with Crippen molar-refractivity contribution < 1.29 is 22.8 Å². The van der Waals surface area contributed by atoms with Gasteiger partial charge in [0, 0.05) is 28.2 Å². The molecular formula is C16H27N4O4S+. The fraction of sp³-hybridized carbons (Fsp3) is 0.562. The fourth-order valence-corrected chi connectivity index (χ4v) is 3.56. The largest absolute Gasteiger partial charge is 0.376 e. The van der Waals surface area contributed by atoms with Crippen LogP contribution in [0.25, 0.3) is 0 Å². The Morgan fingerprint density at radius 1 is 1.20 bits per heavy atom. The molecule has 1 fully saturated rings. The summed E-state index contributed by atoms with van der Waals surface area (Å²) in [7, 11) is 3.09. The van der Waals surface area contributed by atoms with E-state index in [4.69, 9.17) is 4.74 Å². The van der Waals surface area contributed by atoms with Crippen LogP contribution in [0, 0.1) is 0 Å². The highest BCUT2D eigenvalue weighted by Gasteiger charge is 2.22. The van der Waals surface area contributed by atoms with E-state index < -0.39 is 10.0 Å². The number of quaternary nitrogens is 1. The van der Waals surface area contributed by atoms with Crippen LogP contribution in [0.3, 0.4) is 0 Å². The molecule has 8 nitrogen and oxygen atoms in total. The number of sulfonamides is 1.